The molecule has 0 rings (SSSR count). The number of phosphoric ester groups is 2. The fourth-order valence-corrected chi connectivity index (χ4v) is 11.9. The number of phosphoric acid groups is 2. The molecule has 0 saturated heterocycles. The highest BCUT2D eigenvalue weighted by molar-refractivity contribution is 7.47. The Kier molecular flexibility index (Phi) is 76.4. The van der Waals surface area contributed by atoms with Crippen molar-refractivity contribution in [2.45, 2.75) is 316 Å². The molecule has 0 saturated carbocycles. The van der Waals surface area contributed by atoms with E-state index >= 15 is 0 Å². The monoisotopic (exact) mass is 1570 g/mol. The van der Waals surface area contributed by atoms with Crippen molar-refractivity contribution < 1.29 is 80.2 Å². The van der Waals surface area contributed by atoms with Crippen LogP contribution in [0.15, 0.2) is 194 Å². The maximum absolute atomic E-state index is 13.1. The maximum atomic E-state index is 13.1. The Balaban J connectivity index is 5.51. The molecule has 0 spiro atoms. The number of esters is 4. The molecule has 0 aliphatic carbocycles. The van der Waals surface area contributed by atoms with E-state index in [1.165, 1.54) is 25.7 Å². The number of ether oxygens (including phenoxy) is 4. The third kappa shape index (κ3) is 80.0. The maximum Gasteiger partial charge on any atom is 0.472 e. The average Bonchev–Trinajstić information content (AvgIpc) is 0.906. The summed E-state index contributed by atoms with van der Waals surface area (Å²) in [7, 11) is -10.0. The molecule has 2 unspecified atom stereocenters. The van der Waals surface area contributed by atoms with Crippen LogP contribution in [0.5, 0.6) is 0 Å². The Morgan fingerprint density at radius 3 is 0.745 bits per heavy atom. The largest absolute Gasteiger partial charge is 0.472 e. The lowest BCUT2D eigenvalue weighted by Gasteiger charge is -2.21. The van der Waals surface area contributed by atoms with Crippen LogP contribution in [-0.2, 0) is 65.4 Å². The molecule has 0 aromatic rings. The standard InChI is InChI=1S/C91H146O17P2/c1-5-9-13-17-21-25-29-33-36-39-42-45-48-52-56-60-64-68-72-76-89(94)102-82-87(108-91(96)78-74-70-66-62-58-54-50-47-44-41-38-35-31-27-23-19-15-11-7-3)84-106-110(99,100)104-80-85(92)79-103-109(97,98)105-83-86(81-101-88(93)75-71-67-63-59-55-51-32-28-24-20-16-12-8-4)107-90(95)77-73-69-65-61-57-53-49-46-43-40-37-34-30-26-22-18-14-10-6-2/h9-11,13-15,21-23,25-28,32-38,42-47,52-54,56-58,85-87,92H,5-8,12,16-20,24,29-31,39-41,48-51,55,59-84H2,1-4H3,(H,97,98)(H,99,100)/b13-9-,14-10-,15-11-,25-21-,26-22-,27-23-,32-28-,36-33-,37-34-,38-35-,45-42-,46-43-,47-44-,56-52-,57-53-,58-54-/t85-,86+,87+/m0/s1. The summed E-state index contributed by atoms with van der Waals surface area (Å²) >= 11 is 0. The molecular weight excluding hydrogens is 1430 g/mol. The number of allylic oxidation sites excluding steroid dienone is 32. The van der Waals surface area contributed by atoms with Crippen LogP contribution in [0.2, 0.25) is 0 Å². The van der Waals surface area contributed by atoms with Gasteiger partial charge in [0, 0.05) is 25.7 Å². The molecule has 3 N–H and O–H groups in total. The predicted molar refractivity (Wildman–Crippen MR) is 454 cm³/mol. The molecule has 5 atom stereocenters. The normalized spacial score (nSPS) is 14.8. The summed E-state index contributed by atoms with van der Waals surface area (Å²) in [4.78, 5) is 73.2. The van der Waals surface area contributed by atoms with Gasteiger partial charge in [0.05, 0.1) is 26.4 Å². The molecular formula is C91H146O17P2. The van der Waals surface area contributed by atoms with Crippen LogP contribution in [-0.4, -0.2) is 96.7 Å². The van der Waals surface area contributed by atoms with Gasteiger partial charge in [-0.3, -0.25) is 37.3 Å². The lowest BCUT2D eigenvalue weighted by molar-refractivity contribution is -0.161. The number of aliphatic hydroxyl groups excluding tert-OH is 1. The molecule has 622 valence electrons. The molecule has 0 aliphatic heterocycles. The number of unbranched alkanes of at least 4 members (excludes halogenated alkanes) is 18. The van der Waals surface area contributed by atoms with Crippen LogP contribution in [0.4, 0.5) is 0 Å². The lowest BCUT2D eigenvalue weighted by Crippen LogP contribution is -2.30. The third-order valence-electron chi connectivity index (χ3n) is 16.5. The van der Waals surface area contributed by atoms with Crippen molar-refractivity contribution in [1.29, 1.82) is 0 Å². The third-order valence-corrected chi connectivity index (χ3v) is 18.4. The Labute approximate surface area is 666 Å². The van der Waals surface area contributed by atoms with Crippen LogP contribution in [0, 0.1) is 0 Å². The summed E-state index contributed by atoms with van der Waals surface area (Å²) in [5.74, 6) is -2.31. The molecule has 0 bridgehead atoms. The molecule has 19 heteroatoms. The first-order valence-corrected chi connectivity index (χ1v) is 44.7. The van der Waals surface area contributed by atoms with Crippen molar-refractivity contribution in [2.75, 3.05) is 39.6 Å². The minimum atomic E-state index is -5.01. The fourth-order valence-electron chi connectivity index (χ4n) is 10.3. The summed E-state index contributed by atoms with van der Waals surface area (Å²) in [5.41, 5.74) is 0. The highest BCUT2D eigenvalue weighted by Crippen LogP contribution is 2.45. The summed E-state index contributed by atoms with van der Waals surface area (Å²) in [5, 5.41) is 10.7. The van der Waals surface area contributed by atoms with E-state index in [9.17, 15) is 43.2 Å². The van der Waals surface area contributed by atoms with Gasteiger partial charge in [0.1, 0.15) is 19.3 Å². The highest BCUT2D eigenvalue weighted by atomic mass is 31.2. The summed E-state index contributed by atoms with van der Waals surface area (Å²) in [6, 6.07) is 0. The van der Waals surface area contributed by atoms with E-state index in [1.54, 1.807) is 0 Å². The predicted octanol–water partition coefficient (Wildman–Crippen LogP) is 24.9. The molecule has 0 aromatic heterocycles. The van der Waals surface area contributed by atoms with Gasteiger partial charge in [-0.15, -0.1) is 0 Å². The second kappa shape index (κ2) is 80.9. The quantitative estimate of drug-likeness (QED) is 0.0169. The number of rotatable bonds is 76. The van der Waals surface area contributed by atoms with Gasteiger partial charge >= 0.3 is 39.5 Å². The second-order valence-electron chi connectivity index (χ2n) is 26.9. The van der Waals surface area contributed by atoms with Gasteiger partial charge in [-0.2, -0.15) is 0 Å². The first-order valence-electron chi connectivity index (χ1n) is 41.7. The molecule has 110 heavy (non-hydrogen) atoms. The average molecular weight is 1570 g/mol. The summed E-state index contributed by atoms with van der Waals surface area (Å²) in [6.45, 7) is 4.38. The molecule has 0 heterocycles. The molecule has 0 aliphatic rings. The van der Waals surface area contributed by atoms with Crippen molar-refractivity contribution in [2.24, 2.45) is 0 Å². The van der Waals surface area contributed by atoms with E-state index in [1.807, 2.05) is 0 Å². The van der Waals surface area contributed by atoms with Crippen LogP contribution in [0.25, 0.3) is 0 Å². The van der Waals surface area contributed by atoms with Gasteiger partial charge in [0.25, 0.3) is 0 Å². The number of hydrogen-bond donors (Lipinski definition) is 3. The number of carbonyl (C=O) groups excluding carboxylic acids is 4. The smallest absolute Gasteiger partial charge is 0.462 e. The molecule has 0 aromatic carbocycles. The first-order chi connectivity index (χ1) is 53.7. The molecule has 0 amide bonds. The van der Waals surface area contributed by atoms with Crippen molar-refractivity contribution in [1.82, 2.24) is 0 Å². The first kappa shape index (κ1) is 104. The fraction of sp³-hybridized carbons (Fsp3) is 0.604. The van der Waals surface area contributed by atoms with E-state index in [4.69, 9.17) is 37.0 Å². The van der Waals surface area contributed by atoms with Gasteiger partial charge in [0.15, 0.2) is 12.2 Å². The van der Waals surface area contributed by atoms with E-state index in [2.05, 4.69) is 222 Å². The zero-order valence-corrected chi connectivity index (χ0v) is 69.9. The van der Waals surface area contributed by atoms with Crippen molar-refractivity contribution in [3.8, 4) is 0 Å². The van der Waals surface area contributed by atoms with Gasteiger partial charge < -0.3 is 33.8 Å². The Morgan fingerprint density at radius 1 is 0.264 bits per heavy atom. The van der Waals surface area contributed by atoms with E-state index in [0.29, 0.717) is 25.7 Å². The zero-order chi connectivity index (χ0) is 80.3. The van der Waals surface area contributed by atoms with Crippen molar-refractivity contribution in [3.05, 3.63) is 194 Å². The highest BCUT2D eigenvalue weighted by Gasteiger charge is 2.30. The molecule has 0 radical (unpaired) electrons. The van der Waals surface area contributed by atoms with E-state index < -0.39 is 97.5 Å². The summed E-state index contributed by atoms with van der Waals surface area (Å²) in [6.07, 6.45) is 99.7. The molecule has 0 fully saturated rings. The van der Waals surface area contributed by atoms with Gasteiger partial charge in [-0.25, -0.2) is 9.13 Å². The van der Waals surface area contributed by atoms with Crippen LogP contribution in [0.1, 0.15) is 297 Å². The zero-order valence-electron chi connectivity index (χ0n) is 68.1. The van der Waals surface area contributed by atoms with Crippen LogP contribution < -0.4 is 0 Å². The number of carbonyl (C=O) groups is 4. The lowest BCUT2D eigenvalue weighted by atomic mass is 10.1. The Morgan fingerprint density at radius 2 is 0.473 bits per heavy atom. The second-order valence-corrected chi connectivity index (χ2v) is 29.8. The molecule has 17 nitrogen and oxygen atoms in total. The van der Waals surface area contributed by atoms with Gasteiger partial charge in [-0.1, -0.05) is 280 Å². The number of hydrogen-bond acceptors (Lipinski definition) is 15. The van der Waals surface area contributed by atoms with Gasteiger partial charge in [-0.05, 0) is 186 Å². The Bertz CT molecular complexity index is 2850. The van der Waals surface area contributed by atoms with Crippen LogP contribution >= 0.6 is 15.6 Å². The Hall–Kier alpha value is -6.10. The van der Waals surface area contributed by atoms with Crippen molar-refractivity contribution in [3.63, 3.8) is 0 Å². The summed E-state index contributed by atoms with van der Waals surface area (Å²) < 4.78 is 68.7. The van der Waals surface area contributed by atoms with Gasteiger partial charge in [0.2, 0.25) is 0 Å². The SMILES string of the molecule is CC/C=C\C/C=C\C/C=C\C/C=C\C/C=C\CCCCCC(=O)OC[C@H](COP(=O)(O)OC[C@@H](O)COP(=O)(O)OC[C@@H](COC(=O)CCCCCCC/C=C\CCCCCC)OC(=O)CCCCC/C=C\C/C=C\C/C=C\C/C=C\C/C=C\CC)OC(=O)CCCCC/C=C\C/C=C\C/C=C\C/C=C\C/C=C\CC. The van der Waals surface area contributed by atoms with Crippen molar-refractivity contribution >= 4 is 39.5 Å². The minimum absolute atomic E-state index is 0.0390. The van der Waals surface area contributed by atoms with E-state index in [-0.39, 0.29) is 25.7 Å². The van der Waals surface area contributed by atoms with Crippen LogP contribution in [0.3, 0.4) is 0 Å². The van der Waals surface area contributed by atoms with E-state index in [0.717, 1.165) is 193 Å². The minimum Gasteiger partial charge on any atom is -0.462 e. The number of aliphatic hydroxyl groups is 1. The topological polar surface area (TPSA) is 237 Å².